The second kappa shape index (κ2) is 14.9. The zero-order valence-electron chi connectivity index (χ0n) is 27.0. The first kappa shape index (κ1) is 33.8. The summed E-state index contributed by atoms with van der Waals surface area (Å²) in [6.45, 7) is 11.8. The van der Waals surface area contributed by atoms with Crippen LogP contribution >= 0.6 is 22.9 Å². The summed E-state index contributed by atoms with van der Waals surface area (Å²) in [7, 11) is 1.58. The third kappa shape index (κ3) is 7.37. The van der Waals surface area contributed by atoms with E-state index in [4.69, 9.17) is 35.5 Å². The number of methoxy groups -OCH3 is 1. The summed E-state index contributed by atoms with van der Waals surface area (Å²) in [4.78, 5) is 32.8. The quantitative estimate of drug-likeness (QED) is 0.125. The highest BCUT2D eigenvalue weighted by molar-refractivity contribution is 7.07. The van der Waals surface area contributed by atoms with Crippen LogP contribution in [0, 0.1) is 0 Å². The van der Waals surface area contributed by atoms with Gasteiger partial charge in [0.2, 0.25) is 0 Å². The lowest BCUT2D eigenvalue weighted by Crippen LogP contribution is -2.40. The number of halogens is 1. The molecule has 244 valence electrons. The van der Waals surface area contributed by atoms with Gasteiger partial charge in [-0.25, -0.2) is 9.79 Å². The number of carbonyl (C=O) groups excluding carboxylic acids is 1. The molecule has 1 aromatic heterocycles. The standard InChI is InChI=1S/C37H37ClN2O6S/c1-7-11-26-18-25(19-30(43-6)34(26)45-21-24-14-16-27(38)17-15-24)20-31-35(41)40-33(28-12-9-10-13-29(28)46-22(3)4)32(36(42)44-8-2)23(5)39-37(40)47-31/h7,9-10,12-20,22,33H,1,8,11,21H2,2-6H3/b31-20+/t33-/m0/s1. The van der Waals surface area contributed by atoms with Crippen molar-refractivity contribution in [2.75, 3.05) is 13.7 Å². The van der Waals surface area contributed by atoms with E-state index in [1.54, 1.807) is 37.7 Å². The van der Waals surface area contributed by atoms with Crippen LogP contribution in [0.5, 0.6) is 17.2 Å². The van der Waals surface area contributed by atoms with Crippen molar-refractivity contribution in [2.24, 2.45) is 4.99 Å². The van der Waals surface area contributed by atoms with E-state index in [-0.39, 0.29) is 18.3 Å². The summed E-state index contributed by atoms with van der Waals surface area (Å²) >= 11 is 7.29. The molecule has 4 aromatic rings. The first-order valence-electron chi connectivity index (χ1n) is 15.3. The number of para-hydroxylation sites is 1. The number of rotatable bonds is 12. The first-order valence-corrected chi connectivity index (χ1v) is 16.5. The van der Waals surface area contributed by atoms with Crippen molar-refractivity contribution in [3.05, 3.63) is 132 Å². The molecule has 0 saturated carbocycles. The molecular formula is C37H37ClN2O6S. The Morgan fingerprint density at radius 2 is 1.87 bits per heavy atom. The van der Waals surface area contributed by atoms with Gasteiger partial charge in [-0.05, 0) is 81.7 Å². The topological polar surface area (TPSA) is 88.4 Å². The SMILES string of the molecule is C=CCc1cc(/C=c2/sc3n(c2=O)[C@@H](c2ccccc2OC(C)C)C(C(=O)OCC)=C(C)N=3)cc(OC)c1OCc1ccc(Cl)cc1. The molecule has 8 nitrogen and oxygen atoms in total. The van der Waals surface area contributed by atoms with E-state index in [0.29, 0.717) is 61.5 Å². The summed E-state index contributed by atoms with van der Waals surface area (Å²) in [5, 5.41) is 0.653. The van der Waals surface area contributed by atoms with Gasteiger partial charge in [-0.1, -0.05) is 59.3 Å². The molecule has 0 saturated heterocycles. The van der Waals surface area contributed by atoms with E-state index in [1.807, 2.05) is 74.5 Å². The molecule has 2 heterocycles. The number of carbonyl (C=O) groups is 1. The third-order valence-electron chi connectivity index (χ3n) is 7.43. The monoisotopic (exact) mass is 672 g/mol. The lowest BCUT2D eigenvalue weighted by atomic mass is 9.95. The van der Waals surface area contributed by atoms with Gasteiger partial charge >= 0.3 is 5.97 Å². The van der Waals surface area contributed by atoms with Gasteiger partial charge in [-0.2, -0.15) is 0 Å². The van der Waals surface area contributed by atoms with Gasteiger partial charge in [0.05, 0.1) is 35.6 Å². The number of aromatic nitrogens is 1. The van der Waals surface area contributed by atoms with E-state index in [2.05, 4.69) is 6.58 Å². The van der Waals surface area contributed by atoms with Crippen molar-refractivity contribution >= 4 is 35.0 Å². The zero-order valence-corrected chi connectivity index (χ0v) is 28.6. The third-order valence-corrected chi connectivity index (χ3v) is 8.66. The largest absolute Gasteiger partial charge is 0.493 e. The molecule has 47 heavy (non-hydrogen) atoms. The van der Waals surface area contributed by atoms with Crippen molar-refractivity contribution < 1.29 is 23.7 Å². The van der Waals surface area contributed by atoms with Gasteiger partial charge in [0, 0.05) is 16.1 Å². The predicted octanol–water partition coefficient (Wildman–Crippen LogP) is 6.56. The normalized spacial score (nSPS) is 14.4. The van der Waals surface area contributed by atoms with Crippen LogP contribution in [0.2, 0.25) is 5.02 Å². The molecule has 0 bridgehead atoms. The number of ether oxygens (including phenoxy) is 4. The van der Waals surface area contributed by atoms with Crippen LogP contribution < -0.4 is 29.1 Å². The van der Waals surface area contributed by atoms with Crippen LogP contribution in [0.1, 0.15) is 56.0 Å². The molecule has 1 aliphatic heterocycles. The fourth-order valence-corrected chi connectivity index (χ4v) is 6.60. The average Bonchev–Trinajstić information content (AvgIpc) is 3.34. The number of benzene rings is 3. The maximum atomic E-state index is 14.3. The molecule has 0 radical (unpaired) electrons. The average molecular weight is 673 g/mol. The minimum Gasteiger partial charge on any atom is -0.493 e. The first-order chi connectivity index (χ1) is 22.6. The molecule has 3 aromatic carbocycles. The second-order valence-corrected chi connectivity index (χ2v) is 12.6. The predicted molar refractivity (Wildman–Crippen MR) is 185 cm³/mol. The second-order valence-electron chi connectivity index (χ2n) is 11.1. The van der Waals surface area contributed by atoms with E-state index in [1.165, 1.54) is 11.3 Å². The summed E-state index contributed by atoms with van der Waals surface area (Å²) in [6.07, 6.45) is 3.99. The fraction of sp³-hybridized carbons (Fsp3) is 0.270. The number of thiazole rings is 1. The van der Waals surface area contributed by atoms with Gasteiger partial charge in [-0.15, -0.1) is 6.58 Å². The molecule has 0 unspecified atom stereocenters. The van der Waals surface area contributed by atoms with Crippen LogP contribution in [0.4, 0.5) is 0 Å². The Bertz CT molecular complexity index is 2010. The van der Waals surface area contributed by atoms with Crippen molar-refractivity contribution in [2.45, 2.75) is 52.9 Å². The maximum Gasteiger partial charge on any atom is 0.338 e. The zero-order chi connectivity index (χ0) is 33.7. The minimum atomic E-state index is -0.795. The molecule has 0 fully saturated rings. The highest BCUT2D eigenvalue weighted by Crippen LogP contribution is 2.37. The Labute approximate surface area is 282 Å². The lowest BCUT2D eigenvalue weighted by molar-refractivity contribution is -0.139. The van der Waals surface area contributed by atoms with E-state index in [9.17, 15) is 9.59 Å². The summed E-state index contributed by atoms with van der Waals surface area (Å²) in [6, 6.07) is 17.9. The highest BCUT2D eigenvalue weighted by atomic mass is 35.5. The highest BCUT2D eigenvalue weighted by Gasteiger charge is 2.35. The van der Waals surface area contributed by atoms with Gasteiger partial charge in [0.25, 0.3) is 5.56 Å². The van der Waals surface area contributed by atoms with Crippen LogP contribution in [0.25, 0.3) is 6.08 Å². The maximum absolute atomic E-state index is 14.3. The number of allylic oxidation sites excluding steroid dienone is 2. The molecule has 5 rings (SSSR count). The van der Waals surface area contributed by atoms with Crippen LogP contribution in [0.15, 0.2) is 94.4 Å². The van der Waals surface area contributed by atoms with E-state index >= 15 is 0 Å². The van der Waals surface area contributed by atoms with Gasteiger partial charge in [0.1, 0.15) is 18.4 Å². The van der Waals surface area contributed by atoms with E-state index < -0.39 is 12.0 Å². The van der Waals surface area contributed by atoms with E-state index in [0.717, 1.165) is 16.7 Å². The Morgan fingerprint density at radius 1 is 1.13 bits per heavy atom. The molecule has 0 N–H and O–H groups in total. The van der Waals surface area contributed by atoms with Gasteiger partial charge in [-0.3, -0.25) is 9.36 Å². The Morgan fingerprint density at radius 3 is 2.55 bits per heavy atom. The number of hydrogen-bond donors (Lipinski definition) is 0. The summed E-state index contributed by atoms with van der Waals surface area (Å²) < 4.78 is 25.6. The minimum absolute atomic E-state index is 0.124. The van der Waals surface area contributed by atoms with Crippen molar-refractivity contribution in [3.8, 4) is 17.2 Å². The lowest BCUT2D eigenvalue weighted by Gasteiger charge is -2.26. The van der Waals surface area contributed by atoms with Gasteiger partial charge in [0.15, 0.2) is 16.3 Å². The Hall–Kier alpha value is -4.60. The van der Waals surface area contributed by atoms with Gasteiger partial charge < -0.3 is 18.9 Å². The number of esters is 1. The van der Waals surface area contributed by atoms with Crippen molar-refractivity contribution in [1.29, 1.82) is 0 Å². The van der Waals surface area contributed by atoms with Crippen LogP contribution in [-0.4, -0.2) is 30.4 Å². The molecular weight excluding hydrogens is 636 g/mol. The number of fused-ring (bicyclic) bond motifs is 1. The molecule has 1 aliphatic rings. The molecule has 0 amide bonds. The molecule has 0 spiro atoms. The van der Waals surface area contributed by atoms with Crippen molar-refractivity contribution in [3.63, 3.8) is 0 Å². The summed E-state index contributed by atoms with van der Waals surface area (Å²) in [5.41, 5.74) is 3.71. The molecule has 0 aliphatic carbocycles. The number of nitrogens with zero attached hydrogens (tertiary/aromatic N) is 2. The Kier molecular flexibility index (Phi) is 10.7. The number of hydrogen-bond acceptors (Lipinski definition) is 8. The fourth-order valence-electron chi connectivity index (χ4n) is 5.43. The summed E-state index contributed by atoms with van der Waals surface area (Å²) in [5.74, 6) is 1.17. The van der Waals surface area contributed by atoms with Crippen LogP contribution in [0.3, 0.4) is 0 Å². The van der Waals surface area contributed by atoms with Crippen LogP contribution in [-0.2, 0) is 22.6 Å². The Balaban J connectivity index is 1.63. The molecule has 10 heteroatoms. The van der Waals surface area contributed by atoms with Crippen molar-refractivity contribution in [1.82, 2.24) is 4.57 Å². The molecule has 1 atom stereocenters. The smallest absolute Gasteiger partial charge is 0.338 e.